The standard InChI is InChI=1S/C17H13ClN4O5S.C10H12N2O2S.C5H4N2S/c18-10-4-2-1-3-8(10)5-19-17(27)20-11-7-28-6-9(11)14-21-12(16(25)26)13(23)15(24)22-14;1-10(2,3)14-9(13)12-8-6-15-5-7(8)4-11;6-1-4-2-8-3-5(4)7/h1-4,6-7,23H,5H2,(H,25,26)(H2,19,20,27)(H,21,22,24);5-6H,1-3H3,(H,12,13);2-3H,7H2. The number of nitriles is 2. The number of urea groups is 1. The molecule has 8 N–H and O–H groups in total. The minimum atomic E-state index is -1.55. The van der Waals surface area contributed by atoms with E-state index < -0.39 is 40.7 Å². The van der Waals surface area contributed by atoms with Crippen LogP contribution in [0.3, 0.4) is 0 Å². The first kappa shape index (κ1) is 39.5. The van der Waals surface area contributed by atoms with Crippen molar-refractivity contribution in [2.75, 3.05) is 16.4 Å². The first-order chi connectivity index (χ1) is 24.1. The molecule has 0 atom stereocenters. The zero-order valence-corrected chi connectivity index (χ0v) is 30.1. The van der Waals surface area contributed by atoms with Crippen LogP contribution in [0.5, 0.6) is 5.75 Å². The second-order valence-electron chi connectivity index (χ2n) is 10.8. The smallest absolute Gasteiger partial charge is 0.412 e. The van der Waals surface area contributed by atoms with Gasteiger partial charge in [-0.1, -0.05) is 29.8 Å². The van der Waals surface area contributed by atoms with Crippen LogP contribution >= 0.6 is 45.6 Å². The molecular formula is C32H29ClN8O7S3. The molecule has 264 valence electrons. The number of ether oxygens (including phenoxy) is 1. The summed E-state index contributed by atoms with van der Waals surface area (Å²) in [6, 6.07) is 10.5. The number of halogens is 1. The second kappa shape index (κ2) is 18.2. The van der Waals surface area contributed by atoms with Crippen molar-refractivity contribution in [3.05, 3.63) is 94.3 Å². The molecule has 19 heteroatoms. The number of nitrogen functional groups attached to an aromatic ring is 1. The van der Waals surface area contributed by atoms with Crippen LogP contribution in [0.2, 0.25) is 5.02 Å². The Bertz CT molecular complexity index is 2160. The number of aromatic carboxylic acids is 1. The van der Waals surface area contributed by atoms with Crippen LogP contribution < -0.4 is 27.2 Å². The SMILES string of the molecule is CC(C)(C)OC(=O)Nc1cscc1C#N.N#Cc1cscc1N.O=C(NCc1ccccc1Cl)Nc1cscc1-c1nc(C(=O)O)c(O)c(=O)[nH]1. The van der Waals surface area contributed by atoms with E-state index in [9.17, 15) is 24.3 Å². The minimum absolute atomic E-state index is 0.0946. The van der Waals surface area contributed by atoms with Gasteiger partial charge in [0.15, 0.2) is 5.69 Å². The van der Waals surface area contributed by atoms with Gasteiger partial charge in [-0.15, -0.1) is 34.0 Å². The number of benzene rings is 1. The third kappa shape index (κ3) is 11.9. The molecule has 0 saturated heterocycles. The number of H-pyrrole nitrogens is 1. The number of thiophene rings is 3. The number of aromatic nitrogens is 2. The van der Waals surface area contributed by atoms with Crippen molar-refractivity contribution in [2.24, 2.45) is 0 Å². The molecule has 0 saturated carbocycles. The highest BCUT2D eigenvalue weighted by Crippen LogP contribution is 2.30. The number of aromatic amines is 1. The zero-order chi connectivity index (χ0) is 37.7. The molecule has 0 aliphatic heterocycles. The summed E-state index contributed by atoms with van der Waals surface area (Å²) in [6.45, 7) is 5.55. The number of carboxylic acids is 1. The maximum absolute atomic E-state index is 12.2. The highest BCUT2D eigenvalue weighted by atomic mass is 35.5. The van der Waals surface area contributed by atoms with Crippen molar-refractivity contribution < 1.29 is 29.3 Å². The molecule has 4 heterocycles. The van der Waals surface area contributed by atoms with Gasteiger partial charge in [0.05, 0.1) is 33.8 Å². The second-order valence-corrected chi connectivity index (χ2v) is 13.4. The molecule has 3 amide bonds. The molecule has 5 aromatic rings. The third-order valence-electron chi connectivity index (χ3n) is 5.89. The molecule has 0 aliphatic rings. The van der Waals surface area contributed by atoms with E-state index in [1.54, 1.807) is 77.3 Å². The predicted octanol–water partition coefficient (Wildman–Crippen LogP) is 7.05. The number of nitrogens with two attached hydrogens (primary N) is 1. The Morgan fingerprint density at radius 2 is 1.61 bits per heavy atom. The van der Waals surface area contributed by atoms with Gasteiger partial charge < -0.3 is 36.3 Å². The van der Waals surface area contributed by atoms with Gasteiger partial charge in [-0.3, -0.25) is 10.1 Å². The Morgan fingerprint density at radius 3 is 2.20 bits per heavy atom. The topological polar surface area (TPSA) is 256 Å². The molecule has 0 radical (unpaired) electrons. The molecule has 0 spiro atoms. The van der Waals surface area contributed by atoms with Crippen LogP contribution in [0, 0.1) is 22.7 Å². The molecule has 4 aromatic heterocycles. The number of aromatic hydroxyl groups is 1. The summed E-state index contributed by atoms with van der Waals surface area (Å²) in [5, 5.41) is 53.9. The monoisotopic (exact) mass is 768 g/mol. The van der Waals surface area contributed by atoms with Gasteiger partial charge in [0.1, 0.15) is 23.6 Å². The molecule has 0 unspecified atom stereocenters. The maximum Gasteiger partial charge on any atom is 0.412 e. The fourth-order valence-corrected chi connectivity index (χ4v) is 5.94. The lowest BCUT2D eigenvalue weighted by molar-refractivity contribution is 0.0633. The molecule has 5 rings (SSSR count). The summed E-state index contributed by atoms with van der Waals surface area (Å²) in [5.74, 6) is -2.63. The largest absolute Gasteiger partial charge is 0.501 e. The van der Waals surface area contributed by atoms with Crippen LogP contribution in [-0.4, -0.2) is 43.9 Å². The molecular weight excluding hydrogens is 740 g/mol. The Labute approximate surface area is 307 Å². The van der Waals surface area contributed by atoms with E-state index in [2.05, 4.69) is 25.9 Å². The third-order valence-corrected chi connectivity index (χ3v) is 8.51. The first-order valence-electron chi connectivity index (χ1n) is 14.2. The van der Waals surface area contributed by atoms with E-state index in [0.717, 1.165) is 5.56 Å². The van der Waals surface area contributed by atoms with Crippen molar-refractivity contribution in [1.29, 1.82) is 10.5 Å². The number of anilines is 3. The summed E-state index contributed by atoms with van der Waals surface area (Å²) in [4.78, 5) is 52.5. The number of hydrogen-bond acceptors (Lipinski definition) is 13. The van der Waals surface area contributed by atoms with E-state index in [1.807, 2.05) is 12.1 Å². The predicted molar refractivity (Wildman–Crippen MR) is 196 cm³/mol. The van der Waals surface area contributed by atoms with Crippen LogP contribution in [0.15, 0.2) is 61.3 Å². The Kier molecular flexibility index (Phi) is 14.1. The van der Waals surface area contributed by atoms with Crippen LogP contribution in [-0.2, 0) is 11.3 Å². The number of rotatable bonds is 6. The normalized spacial score (nSPS) is 10.2. The summed E-state index contributed by atoms with van der Waals surface area (Å²) in [7, 11) is 0. The Morgan fingerprint density at radius 1 is 0.980 bits per heavy atom. The van der Waals surface area contributed by atoms with Crippen LogP contribution in [0.25, 0.3) is 11.4 Å². The lowest BCUT2D eigenvalue weighted by atomic mass is 10.2. The first-order valence-corrected chi connectivity index (χ1v) is 17.4. The number of carbonyl (C=O) groups is 3. The number of carbonyl (C=O) groups excluding carboxylic acids is 2. The highest BCUT2D eigenvalue weighted by Gasteiger charge is 2.20. The van der Waals surface area contributed by atoms with Crippen molar-refractivity contribution in [2.45, 2.75) is 32.9 Å². The van der Waals surface area contributed by atoms with Crippen molar-refractivity contribution in [1.82, 2.24) is 15.3 Å². The van der Waals surface area contributed by atoms with E-state index in [0.29, 0.717) is 38.8 Å². The van der Waals surface area contributed by atoms with Gasteiger partial charge in [-0.25, -0.2) is 19.4 Å². The van der Waals surface area contributed by atoms with Gasteiger partial charge in [0.2, 0.25) is 5.75 Å². The van der Waals surface area contributed by atoms with Crippen molar-refractivity contribution in [3.63, 3.8) is 0 Å². The van der Waals surface area contributed by atoms with Crippen molar-refractivity contribution >= 4 is 80.8 Å². The quantitative estimate of drug-likeness (QED) is 0.0921. The number of amides is 3. The molecule has 15 nitrogen and oxygen atoms in total. The van der Waals surface area contributed by atoms with Gasteiger partial charge >= 0.3 is 18.1 Å². The molecule has 51 heavy (non-hydrogen) atoms. The van der Waals surface area contributed by atoms with E-state index in [4.69, 9.17) is 37.7 Å². The van der Waals surface area contributed by atoms with Gasteiger partial charge in [-0.2, -0.15) is 10.5 Å². The summed E-state index contributed by atoms with van der Waals surface area (Å²) < 4.78 is 5.06. The molecule has 0 bridgehead atoms. The highest BCUT2D eigenvalue weighted by molar-refractivity contribution is 7.09. The van der Waals surface area contributed by atoms with Crippen LogP contribution in [0.1, 0.15) is 48.0 Å². The minimum Gasteiger partial charge on any atom is -0.501 e. The van der Waals surface area contributed by atoms with Crippen molar-refractivity contribution in [3.8, 4) is 29.3 Å². The Hall–Kier alpha value is -5.92. The lowest BCUT2D eigenvalue weighted by Crippen LogP contribution is -2.28. The van der Waals surface area contributed by atoms with E-state index >= 15 is 0 Å². The average molecular weight is 769 g/mol. The summed E-state index contributed by atoms with van der Waals surface area (Å²) in [5.41, 5.74) is 6.49. The van der Waals surface area contributed by atoms with Crippen LogP contribution in [0.4, 0.5) is 26.7 Å². The number of hydrogen-bond donors (Lipinski definition) is 7. The fourth-order valence-electron chi connectivity index (χ4n) is 3.60. The zero-order valence-electron chi connectivity index (χ0n) is 26.9. The summed E-state index contributed by atoms with van der Waals surface area (Å²) in [6.07, 6.45) is -0.544. The molecule has 0 fully saturated rings. The fraction of sp³-hybridized carbons (Fsp3) is 0.156. The number of nitrogens with one attached hydrogen (secondary N) is 4. The van der Waals surface area contributed by atoms with Gasteiger partial charge in [-0.05, 0) is 32.4 Å². The maximum atomic E-state index is 12.2. The number of carboxylic acid groups (broad SMARTS) is 1. The van der Waals surface area contributed by atoms with E-state index in [1.165, 1.54) is 34.0 Å². The molecule has 1 aromatic carbocycles. The van der Waals surface area contributed by atoms with E-state index in [-0.39, 0.29) is 12.4 Å². The van der Waals surface area contributed by atoms with Gasteiger partial charge in [0.25, 0.3) is 5.56 Å². The summed E-state index contributed by atoms with van der Waals surface area (Å²) >= 11 is 10.1. The van der Waals surface area contributed by atoms with Gasteiger partial charge in [0, 0.05) is 43.8 Å². The molecule has 0 aliphatic carbocycles. The number of nitrogens with zero attached hydrogens (tertiary/aromatic N) is 3. The average Bonchev–Trinajstić information content (AvgIpc) is 3.82. The lowest BCUT2D eigenvalue weighted by Gasteiger charge is -2.19. The Balaban J connectivity index is 0.000000253.